The molecule has 1 aromatic carbocycles. The zero-order valence-corrected chi connectivity index (χ0v) is 15.8. The minimum absolute atomic E-state index is 0.147. The van der Waals surface area contributed by atoms with Crippen molar-refractivity contribution in [3.8, 4) is 11.1 Å². The summed E-state index contributed by atoms with van der Waals surface area (Å²) >= 11 is 0. The molecule has 1 amide bonds. The maximum atomic E-state index is 12.0. The van der Waals surface area contributed by atoms with E-state index in [0.717, 1.165) is 38.0 Å². The van der Waals surface area contributed by atoms with Crippen LogP contribution in [0, 0.1) is 0 Å². The van der Waals surface area contributed by atoms with Crippen LogP contribution in [-0.4, -0.2) is 64.1 Å². The molecule has 2 aromatic rings. The normalized spacial score (nSPS) is 25.9. The van der Waals surface area contributed by atoms with E-state index < -0.39 is 0 Å². The number of carbonyl (C=O) groups is 1. The van der Waals surface area contributed by atoms with Crippen molar-refractivity contribution in [1.82, 2.24) is 14.8 Å². The summed E-state index contributed by atoms with van der Waals surface area (Å²) in [6.45, 7) is 4.42. The maximum Gasteiger partial charge on any atom is 0.219 e. The number of carbonyl (C=O) groups excluding carboxylic acids is 1. The highest BCUT2D eigenvalue weighted by Gasteiger charge is 2.49. The Bertz CT molecular complexity index is 778. The third-order valence-corrected chi connectivity index (χ3v) is 6.12. The number of aromatic nitrogens is 1. The van der Waals surface area contributed by atoms with Crippen molar-refractivity contribution in [2.45, 2.75) is 37.8 Å². The molecule has 2 aliphatic rings. The number of amides is 1. The molecule has 0 saturated carbocycles. The molecule has 0 bridgehead atoms. The van der Waals surface area contributed by atoms with Gasteiger partial charge in [-0.05, 0) is 48.2 Å². The van der Waals surface area contributed by atoms with Crippen molar-refractivity contribution in [3.05, 3.63) is 54.4 Å². The van der Waals surface area contributed by atoms with E-state index in [9.17, 15) is 9.90 Å². The second-order valence-electron chi connectivity index (χ2n) is 7.61. The Kier molecular flexibility index (Phi) is 5.23. The molecule has 3 heterocycles. The first-order valence-corrected chi connectivity index (χ1v) is 9.81. The SMILES string of the molecule is CC(=O)N1CCCCN2[C@H](CO)[C@H](c3ccc(-c4ccncc4)cc3)[C@H]2C1. The van der Waals surface area contributed by atoms with Gasteiger partial charge in [0.1, 0.15) is 0 Å². The smallest absolute Gasteiger partial charge is 0.219 e. The van der Waals surface area contributed by atoms with E-state index in [1.165, 1.54) is 11.1 Å². The molecular formula is C22H27N3O2. The number of nitrogens with zero attached hydrogens (tertiary/aromatic N) is 3. The Morgan fingerprint density at radius 1 is 1.07 bits per heavy atom. The number of hydrogen-bond acceptors (Lipinski definition) is 4. The number of benzene rings is 1. The van der Waals surface area contributed by atoms with Crippen molar-refractivity contribution in [2.24, 2.45) is 0 Å². The molecule has 1 N–H and O–H groups in total. The van der Waals surface area contributed by atoms with Gasteiger partial charge in [-0.15, -0.1) is 0 Å². The summed E-state index contributed by atoms with van der Waals surface area (Å²) in [5.41, 5.74) is 3.57. The number of hydrogen-bond donors (Lipinski definition) is 1. The molecule has 5 heteroatoms. The molecule has 0 spiro atoms. The standard InChI is InChI=1S/C22H27N3O2/c1-16(27)24-12-2-3-13-25-20(14-24)22(21(25)15-26)19-6-4-17(5-7-19)18-8-10-23-11-9-18/h4-11,20-22,26H,2-3,12-15H2,1H3/t20-,21-,22-/m1/s1. The van der Waals surface area contributed by atoms with Gasteiger partial charge in [0.15, 0.2) is 0 Å². The lowest BCUT2D eigenvalue weighted by atomic mass is 9.74. The van der Waals surface area contributed by atoms with Crippen LogP contribution in [0.15, 0.2) is 48.8 Å². The predicted molar refractivity (Wildman–Crippen MR) is 105 cm³/mol. The number of aliphatic hydroxyl groups excluding tert-OH is 1. The molecule has 5 nitrogen and oxygen atoms in total. The Labute approximate surface area is 160 Å². The second-order valence-corrected chi connectivity index (χ2v) is 7.61. The molecule has 4 rings (SSSR count). The van der Waals surface area contributed by atoms with Crippen LogP contribution < -0.4 is 0 Å². The summed E-state index contributed by atoms with van der Waals surface area (Å²) < 4.78 is 0. The third kappa shape index (κ3) is 3.49. The molecule has 27 heavy (non-hydrogen) atoms. The van der Waals surface area contributed by atoms with Gasteiger partial charge in [0, 0.05) is 50.4 Å². The van der Waals surface area contributed by atoms with Crippen LogP contribution in [0.3, 0.4) is 0 Å². The van der Waals surface area contributed by atoms with Gasteiger partial charge in [-0.1, -0.05) is 24.3 Å². The fourth-order valence-corrected chi connectivity index (χ4v) is 4.67. The first kappa shape index (κ1) is 18.1. The molecule has 2 saturated heterocycles. The van der Waals surface area contributed by atoms with Crippen molar-refractivity contribution in [3.63, 3.8) is 0 Å². The molecule has 2 aliphatic heterocycles. The zero-order chi connectivity index (χ0) is 18.8. The first-order valence-electron chi connectivity index (χ1n) is 9.81. The summed E-state index contributed by atoms with van der Waals surface area (Å²) in [5.74, 6) is 0.414. The minimum Gasteiger partial charge on any atom is -0.395 e. The third-order valence-electron chi connectivity index (χ3n) is 6.12. The van der Waals surface area contributed by atoms with Gasteiger partial charge in [-0.25, -0.2) is 0 Å². The highest BCUT2D eigenvalue weighted by atomic mass is 16.3. The molecule has 1 aromatic heterocycles. The topological polar surface area (TPSA) is 56.7 Å². The molecule has 0 unspecified atom stereocenters. The van der Waals surface area contributed by atoms with E-state index in [1.54, 1.807) is 19.3 Å². The lowest BCUT2D eigenvalue weighted by Gasteiger charge is -2.57. The number of rotatable bonds is 3. The van der Waals surface area contributed by atoms with Crippen LogP contribution >= 0.6 is 0 Å². The van der Waals surface area contributed by atoms with Gasteiger partial charge >= 0.3 is 0 Å². The fraction of sp³-hybridized carbons (Fsp3) is 0.455. The summed E-state index contributed by atoms with van der Waals surface area (Å²) in [6, 6.07) is 13.1. The van der Waals surface area contributed by atoms with Crippen LogP contribution in [0.1, 0.15) is 31.2 Å². The number of aliphatic hydroxyl groups is 1. The van der Waals surface area contributed by atoms with E-state index in [-0.39, 0.29) is 30.5 Å². The Morgan fingerprint density at radius 3 is 2.41 bits per heavy atom. The molecule has 3 atom stereocenters. The van der Waals surface area contributed by atoms with Crippen molar-refractivity contribution in [2.75, 3.05) is 26.2 Å². The largest absolute Gasteiger partial charge is 0.395 e. The quantitative estimate of drug-likeness (QED) is 0.908. The lowest BCUT2D eigenvalue weighted by Crippen LogP contribution is -2.67. The van der Waals surface area contributed by atoms with Crippen LogP contribution in [0.2, 0.25) is 0 Å². The van der Waals surface area contributed by atoms with Crippen molar-refractivity contribution >= 4 is 5.91 Å². The van der Waals surface area contributed by atoms with E-state index in [4.69, 9.17) is 0 Å². The summed E-state index contributed by atoms with van der Waals surface area (Å²) in [7, 11) is 0. The number of fused-ring (bicyclic) bond motifs is 1. The lowest BCUT2D eigenvalue weighted by molar-refractivity contribution is -0.134. The molecule has 0 aliphatic carbocycles. The molecule has 2 fully saturated rings. The van der Waals surface area contributed by atoms with Gasteiger partial charge in [0.25, 0.3) is 0 Å². The van der Waals surface area contributed by atoms with E-state index in [0.29, 0.717) is 0 Å². The van der Waals surface area contributed by atoms with Crippen LogP contribution in [0.25, 0.3) is 11.1 Å². The van der Waals surface area contributed by atoms with Crippen molar-refractivity contribution in [1.29, 1.82) is 0 Å². The van der Waals surface area contributed by atoms with Gasteiger partial charge < -0.3 is 10.0 Å². The van der Waals surface area contributed by atoms with E-state index in [2.05, 4.69) is 34.1 Å². The van der Waals surface area contributed by atoms with Crippen LogP contribution in [0.4, 0.5) is 0 Å². The van der Waals surface area contributed by atoms with E-state index >= 15 is 0 Å². The Hall–Kier alpha value is -2.24. The monoisotopic (exact) mass is 365 g/mol. The Morgan fingerprint density at radius 2 is 1.74 bits per heavy atom. The first-order chi connectivity index (χ1) is 13.2. The fourth-order valence-electron chi connectivity index (χ4n) is 4.67. The molecule has 142 valence electrons. The summed E-state index contributed by atoms with van der Waals surface area (Å²) in [4.78, 5) is 20.4. The minimum atomic E-state index is 0.147. The summed E-state index contributed by atoms with van der Waals surface area (Å²) in [5, 5.41) is 10.00. The number of pyridine rings is 1. The average molecular weight is 365 g/mol. The van der Waals surface area contributed by atoms with E-state index in [1.807, 2.05) is 17.0 Å². The maximum absolute atomic E-state index is 12.0. The average Bonchev–Trinajstić information content (AvgIpc) is 2.67. The molecular weight excluding hydrogens is 338 g/mol. The van der Waals surface area contributed by atoms with Gasteiger partial charge in [0.05, 0.1) is 6.61 Å². The second kappa shape index (κ2) is 7.79. The Balaban J connectivity index is 1.58. The van der Waals surface area contributed by atoms with Crippen LogP contribution in [0.5, 0.6) is 0 Å². The van der Waals surface area contributed by atoms with Crippen LogP contribution in [-0.2, 0) is 4.79 Å². The highest BCUT2D eigenvalue weighted by molar-refractivity contribution is 5.73. The van der Waals surface area contributed by atoms with Crippen molar-refractivity contribution < 1.29 is 9.90 Å². The zero-order valence-electron chi connectivity index (χ0n) is 15.8. The predicted octanol–water partition coefficient (Wildman–Crippen LogP) is 2.52. The van der Waals surface area contributed by atoms with Gasteiger partial charge in [-0.3, -0.25) is 14.7 Å². The molecule has 0 radical (unpaired) electrons. The summed E-state index contributed by atoms with van der Waals surface area (Å²) in [6.07, 6.45) is 5.72. The van der Waals surface area contributed by atoms with Gasteiger partial charge in [-0.2, -0.15) is 0 Å². The van der Waals surface area contributed by atoms with Gasteiger partial charge in [0.2, 0.25) is 5.91 Å². The highest BCUT2D eigenvalue weighted by Crippen LogP contribution is 2.42.